The van der Waals surface area contributed by atoms with Gasteiger partial charge in [-0.25, -0.2) is 0 Å². The Kier molecular flexibility index (Phi) is 5.08. The summed E-state index contributed by atoms with van der Waals surface area (Å²) in [5, 5.41) is 8.97. The molecular weight excluding hydrogens is 440 g/mol. The van der Waals surface area contributed by atoms with E-state index in [9.17, 15) is 4.79 Å². The number of benzene rings is 4. The molecule has 4 aromatic carbocycles. The third-order valence-electron chi connectivity index (χ3n) is 6.13. The molecule has 0 fully saturated rings. The zero-order chi connectivity index (χ0) is 23.1. The number of fused-ring (bicyclic) bond motifs is 3. The second-order valence-corrected chi connectivity index (χ2v) is 9.32. The third kappa shape index (κ3) is 3.43. The highest BCUT2D eigenvalue weighted by Crippen LogP contribution is 2.47. The number of anilines is 2. The van der Waals surface area contributed by atoms with Crippen LogP contribution in [-0.2, 0) is 17.9 Å². The molecule has 6 heteroatoms. The SMILES string of the molecule is N=c1n(CC(=O)N2c3ccccc3Sc3ccccc32)c2ccccc2n1Cc1ccccc1. The molecule has 6 rings (SSSR count). The zero-order valence-corrected chi connectivity index (χ0v) is 19.2. The number of rotatable bonds is 4. The van der Waals surface area contributed by atoms with Crippen LogP contribution in [-0.4, -0.2) is 15.0 Å². The molecule has 1 aliphatic heterocycles. The first kappa shape index (κ1) is 20.6. The van der Waals surface area contributed by atoms with E-state index in [1.807, 2.05) is 100 Å². The van der Waals surface area contributed by atoms with Crippen molar-refractivity contribution < 1.29 is 4.79 Å². The van der Waals surface area contributed by atoms with Gasteiger partial charge >= 0.3 is 0 Å². The van der Waals surface area contributed by atoms with Crippen molar-refractivity contribution in [2.45, 2.75) is 22.9 Å². The Balaban J connectivity index is 1.43. The molecule has 0 atom stereocenters. The quantitative estimate of drug-likeness (QED) is 0.367. The first-order valence-corrected chi connectivity index (χ1v) is 12.0. The molecule has 1 amide bonds. The van der Waals surface area contributed by atoms with E-state index in [1.54, 1.807) is 16.7 Å². The van der Waals surface area contributed by atoms with E-state index in [4.69, 9.17) is 5.41 Å². The van der Waals surface area contributed by atoms with Gasteiger partial charge in [0.25, 0.3) is 5.91 Å². The van der Waals surface area contributed by atoms with Crippen molar-refractivity contribution in [1.82, 2.24) is 9.13 Å². The van der Waals surface area contributed by atoms with Gasteiger partial charge in [0.15, 0.2) is 0 Å². The van der Waals surface area contributed by atoms with Gasteiger partial charge in [-0.1, -0.05) is 78.5 Å². The molecule has 34 heavy (non-hydrogen) atoms. The predicted molar refractivity (Wildman–Crippen MR) is 135 cm³/mol. The van der Waals surface area contributed by atoms with Crippen molar-refractivity contribution in [1.29, 1.82) is 5.41 Å². The number of nitrogens with zero attached hydrogens (tertiary/aromatic N) is 3. The molecule has 5 nitrogen and oxygen atoms in total. The largest absolute Gasteiger partial charge is 0.306 e. The van der Waals surface area contributed by atoms with Crippen molar-refractivity contribution in [2.24, 2.45) is 0 Å². The maximum Gasteiger partial charge on any atom is 0.251 e. The minimum absolute atomic E-state index is 0.0682. The van der Waals surface area contributed by atoms with Crippen molar-refractivity contribution in [2.75, 3.05) is 4.90 Å². The van der Waals surface area contributed by atoms with E-state index in [1.165, 1.54) is 0 Å². The van der Waals surface area contributed by atoms with Gasteiger partial charge in [-0.05, 0) is 42.0 Å². The fourth-order valence-corrected chi connectivity index (χ4v) is 5.62. The minimum Gasteiger partial charge on any atom is -0.306 e. The molecule has 1 aliphatic rings. The summed E-state index contributed by atoms with van der Waals surface area (Å²) in [5.41, 5.74) is 5.02. The van der Waals surface area contributed by atoms with E-state index < -0.39 is 0 Å². The fourth-order valence-electron chi connectivity index (χ4n) is 4.56. The van der Waals surface area contributed by atoms with Crippen LogP contribution in [0.5, 0.6) is 0 Å². The number of imidazole rings is 1. The summed E-state index contributed by atoms with van der Waals surface area (Å²) in [5.74, 6) is -0.0682. The van der Waals surface area contributed by atoms with Crippen LogP contribution in [0.3, 0.4) is 0 Å². The van der Waals surface area contributed by atoms with Gasteiger partial charge in [0.05, 0.1) is 29.0 Å². The number of hydrogen-bond donors (Lipinski definition) is 1. The molecule has 1 aromatic heterocycles. The number of amides is 1. The Bertz CT molecular complexity index is 1540. The maximum atomic E-state index is 13.9. The lowest BCUT2D eigenvalue weighted by Gasteiger charge is -2.31. The fraction of sp³-hybridized carbons (Fsp3) is 0.0714. The van der Waals surface area contributed by atoms with Crippen LogP contribution in [0.4, 0.5) is 11.4 Å². The third-order valence-corrected chi connectivity index (χ3v) is 7.26. The minimum atomic E-state index is -0.0682. The summed E-state index contributed by atoms with van der Waals surface area (Å²) in [7, 11) is 0. The maximum absolute atomic E-state index is 13.9. The highest BCUT2D eigenvalue weighted by molar-refractivity contribution is 7.99. The second kappa shape index (κ2) is 8.39. The Labute approximate surface area is 201 Å². The average Bonchev–Trinajstić information content (AvgIpc) is 3.13. The monoisotopic (exact) mass is 462 g/mol. The number of carbonyl (C=O) groups excluding carboxylic acids is 1. The van der Waals surface area contributed by atoms with Crippen LogP contribution in [0.1, 0.15) is 5.56 Å². The Morgan fingerprint density at radius 3 is 1.85 bits per heavy atom. The van der Waals surface area contributed by atoms with Crippen molar-refractivity contribution >= 4 is 40.1 Å². The van der Waals surface area contributed by atoms with Gasteiger partial charge in [-0.2, -0.15) is 0 Å². The second-order valence-electron chi connectivity index (χ2n) is 8.24. The van der Waals surface area contributed by atoms with Crippen molar-refractivity contribution in [3.63, 3.8) is 0 Å². The highest BCUT2D eigenvalue weighted by Gasteiger charge is 2.28. The molecule has 0 saturated heterocycles. The normalized spacial score (nSPS) is 12.4. The first-order chi connectivity index (χ1) is 16.7. The molecular formula is C28H22N4OS. The molecule has 5 aromatic rings. The molecule has 0 saturated carbocycles. The summed E-state index contributed by atoms with van der Waals surface area (Å²) < 4.78 is 3.78. The summed E-state index contributed by atoms with van der Waals surface area (Å²) in [6.45, 7) is 0.655. The van der Waals surface area contributed by atoms with Gasteiger partial charge in [0, 0.05) is 9.79 Å². The molecule has 0 spiro atoms. The van der Waals surface area contributed by atoms with Crippen molar-refractivity contribution in [3.05, 3.63) is 114 Å². The van der Waals surface area contributed by atoms with Gasteiger partial charge in [0.2, 0.25) is 5.62 Å². The van der Waals surface area contributed by atoms with E-state index in [0.717, 1.165) is 37.8 Å². The Hall–Kier alpha value is -4.03. The highest BCUT2D eigenvalue weighted by atomic mass is 32.2. The Morgan fingerprint density at radius 2 is 1.21 bits per heavy atom. The number of nitrogens with one attached hydrogen (secondary N) is 1. The van der Waals surface area contributed by atoms with E-state index >= 15 is 0 Å². The number of para-hydroxylation sites is 4. The summed E-state index contributed by atoms with van der Waals surface area (Å²) in [6.07, 6.45) is 0. The lowest BCUT2D eigenvalue weighted by molar-refractivity contribution is -0.118. The van der Waals surface area contributed by atoms with E-state index in [-0.39, 0.29) is 12.5 Å². The van der Waals surface area contributed by atoms with Crippen LogP contribution < -0.4 is 10.5 Å². The summed E-state index contributed by atoms with van der Waals surface area (Å²) in [6, 6.07) is 34.0. The lowest BCUT2D eigenvalue weighted by Crippen LogP contribution is -2.35. The smallest absolute Gasteiger partial charge is 0.251 e. The number of carbonyl (C=O) groups is 1. The van der Waals surface area contributed by atoms with Crippen LogP contribution in [0.25, 0.3) is 11.0 Å². The number of aromatic nitrogens is 2. The topological polar surface area (TPSA) is 54.0 Å². The predicted octanol–water partition coefficient (Wildman–Crippen LogP) is 5.80. The number of hydrogen-bond acceptors (Lipinski definition) is 3. The summed E-state index contributed by atoms with van der Waals surface area (Å²) in [4.78, 5) is 17.8. The van der Waals surface area contributed by atoms with Gasteiger partial charge in [-0.3, -0.25) is 15.1 Å². The van der Waals surface area contributed by atoms with Gasteiger partial charge < -0.3 is 9.13 Å². The molecule has 2 heterocycles. The summed E-state index contributed by atoms with van der Waals surface area (Å²) >= 11 is 1.68. The van der Waals surface area contributed by atoms with Gasteiger partial charge in [0.1, 0.15) is 6.54 Å². The van der Waals surface area contributed by atoms with Crippen LogP contribution >= 0.6 is 11.8 Å². The average molecular weight is 463 g/mol. The van der Waals surface area contributed by atoms with Crippen LogP contribution in [0, 0.1) is 5.41 Å². The molecule has 0 bridgehead atoms. The van der Waals surface area contributed by atoms with Crippen LogP contribution in [0.2, 0.25) is 0 Å². The molecule has 0 aliphatic carbocycles. The Morgan fingerprint density at radius 1 is 0.676 bits per heavy atom. The van der Waals surface area contributed by atoms with Gasteiger partial charge in [-0.15, -0.1) is 0 Å². The van der Waals surface area contributed by atoms with Crippen LogP contribution in [0.15, 0.2) is 113 Å². The van der Waals surface area contributed by atoms with Crippen molar-refractivity contribution in [3.8, 4) is 0 Å². The molecule has 1 N–H and O–H groups in total. The van der Waals surface area contributed by atoms with E-state index in [0.29, 0.717) is 12.2 Å². The zero-order valence-electron chi connectivity index (χ0n) is 18.4. The molecule has 0 radical (unpaired) electrons. The first-order valence-electron chi connectivity index (χ1n) is 11.2. The molecule has 166 valence electrons. The standard InChI is InChI=1S/C28H22N4OS/c29-28-30(18-20-10-2-1-3-11-20)21-12-4-5-13-22(21)31(28)19-27(33)32-23-14-6-8-16-25(23)34-26-17-9-7-15-24(26)32/h1-17,29H,18-19H2. The van der Waals surface area contributed by atoms with E-state index in [2.05, 4.69) is 12.1 Å². The molecule has 0 unspecified atom stereocenters. The lowest BCUT2D eigenvalue weighted by atomic mass is 10.2.